The van der Waals surface area contributed by atoms with Gasteiger partial charge in [0, 0.05) is 44.5 Å². The molecule has 1 aliphatic carbocycles. The van der Waals surface area contributed by atoms with E-state index in [9.17, 15) is 14.7 Å². The molecule has 3 heterocycles. The predicted molar refractivity (Wildman–Crippen MR) is 202 cm³/mol. The van der Waals surface area contributed by atoms with Crippen molar-refractivity contribution in [3.8, 4) is 11.3 Å². The third-order valence-corrected chi connectivity index (χ3v) is 11.2. The number of ether oxygens (including phenoxy) is 2. The molecule has 0 radical (unpaired) electrons. The molecule has 12 heteroatoms. The summed E-state index contributed by atoms with van der Waals surface area (Å²) in [6, 6.07) is 24.9. The molecule has 272 valence electrons. The van der Waals surface area contributed by atoms with Crippen molar-refractivity contribution in [2.24, 2.45) is 0 Å². The van der Waals surface area contributed by atoms with Gasteiger partial charge in [0.2, 0.25) is 0 Å². The van der Waals surface area contributed by atoms with Crippen molar-refractivity contribution < 1.29 is 24.2 Å². The molecule has 1 aliphatic heterocycles. The number of rotatable bonds is 11. The van der Waals surface area contributed by atoms with Crippen LogP contribution in [-0.2, 0) is 16.1 Å². The van der Waals surface area contributed by atoms with E-state index in [2.05, 4.69) is 16.4 Å². The summed E-state index contributed by atoms with van der Waals surface area (Å²) in [6.45, 7) is 3.95. The maximum atomic E-state index is 14.8. The maximum absolute atomic E-state index is 14.8. The monoisotopic (exact) mass is 722 g/mol. The summed E-state index contributed by atoms with van der Waals surface area (Å²) in [4.78, 5) is 41.0. The number of carbonyl (C=O) groups excluding carboxylic acids is 2. The number of thiazole rings is 1. The van der Waals surface area contributed by atoms with Gasteiger partial charge < -0.3 is 34.3 Å². The van der Waals surface area contributed by atoms with Crippen LogP contribution in [-0.4, -0.2) is 93.0 Å². The van der Waals surface area contributed by atoms with E-state index >= 15 is 0 Å². The number of carbonyl (C=O) groups is 2. The molecule has 0 spiro atoms. The van der Waals surface area contributed by atoms with E-state index in [-0.39, 0.29) is 31.2 Å². The zero-order chi connectivity index (χ0) is 36.1. The Kier molecular flexibility index (Phi) is 10.9. The van der Waals surface area contributed by atoms with Crippen LogP contribution in [0.25, 0.3) is 21.5 Å². The van der Waals surface area contributed by atoms with E-state index in [4.69, 9.17) is 14.5 Å². The smallest absolute Gasteiger partial charge is 0.410 e. The van der Waals surface area contributed by atoms with E-state index < -0.39 is 11.7 Å². The van der Waals surface area contributed by atoms with Crippen molar-refractivity contribution in [1.29, 1.82) is 0 Å². The minimum Gasteiger partial charge on any atom is -0.445 e. The van der Waals surface area contributed by atoms with Crippen LogP contribution in [0.1, 0.15) is 59.2 Å². The zero-order valence-corrected chi connectivity index (χ0v) is 30.6. The number of piperazine rings is 1. The van der Waals surface area contributed by atoms with Crippen molar-refractivity contribution >= 4 is 39.2 Å². The molecule has 1 saturated carbocycles. The number of amides is 2. The lowest BCUT2D eigenvalue weighted by atomic mass is 9.80. The van der Waals surface area contributed by atoms with Crippen molar-refractivity contribution in [3.05, 3.63) is 101 Å². The second kappa shape index (κ2) is 15.9. The summed E-state index contributed by atoms with van der Waals surface area (Å²) < 4.78 is 14.3. The summed E-state index contributed by atoms with van der Waals surface area (Å²) in [5, 5.41) is 16.4. The van der Waals surface area contributed by atoms with Crippen LogP contribution in [0, 0.1) is 6.92 Å². The van der Waals surface area contributed by atoms with Crippen LogP contribution in [0.2, 0.25) is 0 Å². The van der Waals surface area contributed by atoms with E-state index in [0.717, 1.165) is 51.3 Å². The summed E-state index contributed by atoms with van der Waals surface area (Å²) in [7, 11) is 1.61. The molecule has 0 bridgehead atoms. The molecule has 2 amide bonds. The van der Waals surface area contributed by atoms with Crippen LogP contribution >= 0.6 is 11.3 Å². The van der Waals surface area contributed by atoms with Gasteiger partial charge in [-0.2, -0.15) is 0 Å². The number of nitrogens with one attached hydrogen (secondary N) is 1. The second-order valence-corrected chi connectivity index (χ2v) is 15.0. The third kappa shape index (κ3) is 7.69. The van der Waals surface area contributed by atoms with Gasteiger partial charge in [0.25, 0.3) is 5.91 Å². The number of aromatic nitrogens is 3. The third-order valence-electron chi connectivity index (χ3n) is 10.2. The molecule has 1 saturated heterocycles. The Balaban J connectivity index is 1.15. The number of hydrogen-bond acceptors (Lipinski definition) is 9. The summed E-state index contributed by atoms with van der Waals surface area (Å²) in [5.74, 6) is -0.201. The van der Waals surface area contributed by atoms with Gasteiger partial charge >= 0.3 is 6.09 Å². The highest BCUT2D eigenvalue weighted by Crippen LogP contribution is 2.41. The van der Waals surface area contributed by atoms with Gasteiger partial charge in [-0.3, -0.25) is 4.79 Å². The first-order valence-corrected chi connectivity index (χ1v) is 18.9. The molecule has 2 fully saturated rings. The van der Waals surface area contributed by atoms with Crippen molar-refractivity contribution in [3.63, 3.8) is 0 Å². The maximum Gasteiger partial charge on any atom is 0.410 e. The normalized spacial score (nSPS) is 20.6. The fourth-order valence-corrected chi connectivity index (χ4v) is 8.54. The quantitative estimate of drug-likeness (QED) is 0.151. The first kappa shape index (κ1) is 35.6. The van der Waals surface area contributed by atoms with E-state index in [1.165, 1.54) is 0 Å². The molecule has 2 N–H and O–H groups in total. The fourth-order valence-electron chi connectivity index (χ4n) is 7.67. The number of benzene rings is 3. The van der Waals surface area contributed by atoms with E-state index in [1.54, 1.807) is 29.7 Å². The van der Waals surface area contributed by atoms with Gasteiger partial charge in [0.15, 0.2) is 5.69 Å². The van der Waals surface area contributed by atoms with Gasteiger partial charge in [-0.1, -0.05) is 73.5 Å². The number of imidazole rings is 1. The molecular formula is C40H46N6O5S. The van der Waals surface area contributed by atoms with Gasteiger partial charge in [-0.15, -0.1) is 11.3 Å². The Morgan fingerprint density at radius 2 is 1.83 bits per heavy atom. The van der Waals surface area contributed by atoms with Crippen LogP contribution in [0.15, 0.2) is 85.2 Å². The topological polar surface area (TPSA) is 122 Å². The van der Waals surface area contributed by atoms with Crippen LogP contribution < -0.4 is 5.32 Å². The summed E-state index contributed by atoms with van der Waals surface area (Å²) in [6.07, 6.45) is 5.11. The Bertz CT molecular complexity index is 1980. The molecule has 0 unspecified atom stereocenters. The van der Waals surface area contributed by atoms with E-state index in [1.807, 2.05) is 89.2 Å². The summed E-state index contributed by atoms with van der Waals surface area (Å²) >= 11 is 1.66. The lowest BCUT2D eigenvalue weighted by molar-refractivity contribution is -0.0893. The number of aliphatic hydroxyl groups is 1. The molecule has 2 aromatic heterocycles. The molecule has 3 atom stereocenters. The minimum absolute atomic E-state index is 0.180. The Morgan fingerprint density at radius 3 is 2.62 bits per heavy atom. The SMILES string of the molecule is COC[C@]1(O)CCCC[C@H]1n1cnc(C(=O)N2CCN(C(=O)OCc3ccccc3)C[C@H]2CCNc2ccc3nc(C)sc3c2)c1-c1ccccc1. The largest absolute Gasteiger partial charge is 0.445 e. The van der Waals surface area contributed by atoms with Crippen molar-refractivity contribution in [2.45, 2.75) is 63.3 Å². The average molecular weight is 723 g/mol. The predicted octanol–water partition coefficient (Wildman–Crippen LogP) is 6.93. The molecule has 11 nitrogen and oxygen atoms in total. The minimum atomic E-state index is -1.08. The molecule has 52 heavy (non-hydrogen) atoms. The Hall–Kier alpha value is -4.78. The molecule has 7 rings (SSSR count). The lowest BCUT2D eigenvalue weighted by Crippen LogP contribution is -2.57. The van der Waals surface area contributed by atoms with Gasteiger partial charge in [-0.05, 0) is 49.9 Å². The Labute approximate surface area is 308 Å². The van der Waals surface area contributed by atoms with Crippen LogP contribution in [0.4, 0.5) is 10.5 Å². The van der Waals surface area contributed by atoms with Gasteiger partial charge in [-0.25, -0.2) is 14.8 Å². The van der Waals surface area contributed by atoms with Gasteiger partial charge in [0.1, 0.15) is 12.2 Å². The van der Waals surface area contributed by atoms with Crippen LogP contribution in [0.3, 0.4) is 0 Å². The Morgan fingerprint density at radius 1 is 1.04 bits per heavy atom. The molecular weight excluding hydrogens is 677 g/mol. The number of anilines is 1. The molecule has 2 aliphatic rings. The number of methoxy groups -OCH3 is 1. The molecule has 5 aromatic rings. The van der Waals surface area contributed by atoms with E-state index in [0.29, 0.717) is 50.4 Å². The highest BCUT2D eigenvalue weighted by atomic mass is 32.1. The van der Waals surface area contributed by atoms with Gasteiger partial charge in [0.05, 0.1) is 45.9 Å². The number of aryl methyl sites for hydroxylation is 1. The second-order valence-electron chi connectivity index (χ2n) is 13.8. The highest BCUT2D eigenvalue weighted by molar-refractivity contribution is 7.18. The highest BCUT2D eigenvalue weighted by Gasteiger charge is 2.43. The first-order valence-electron chi connectivity index (χ1n) is 18.0. The summed E-state index contributed by atoms with van der Waals surface area (Å²) in [5.41, 5.74) is 3.65. The molecule has 3 aromatic carbocycles. The van der Waals surface area contributed by atoms with Crippen molar-refractivity contribution in [1.82, 2.24) is 24.3 Å². The average Bonchev–Trinajstić information content (AvgIpc) is 3.77. The zero-order valence-electron chi connectivity index (χ0n) is 29.7. The fraction of sp³-hybridized carbons (Fsp3) is 0.400. The van der Waals surface area contributed by atoms with Crippen LogP contribution in [0.5, 0.6) is 0 Å². The number of hydrogen-bond donors (Lipinski definition) is 2. The standard InChI is InChI=1S/C40H46N6O5S/c1-28-43-33-17-16-31(23-34(33)52-28)41-20-18-32-24-44(39(48)51-25-29-11-5-3-6-12-29)21-22-45(32)38(47)36-37(30-13-7-4-8-14-30)46(27-42-36)35-15-9-10-19-40(35,49)26-50-2/h3-8,11-14,16-17,23,27,32,35,41,49H,9-10,15,18-22,24-26H2,1-2H3/t32-,35-,40-/m1/s1. The number of fused-ring (bicyclic) bond motifs is 1. The number of nitrogens with zero attached hydrogens (tertiary/aromatic N) is 5. The first-order chi connectivity index (χ1) is 25.3. The van der Waals surface area contributed by atoms with Crippen molar-refractivity contribution in [2.75, 3.05) is 45.2 Å². The lowest BCUT2D eigenvalue weighted by Gasteiger charge is -2.41.